The van der Waals surface area contributed by atoms with E-state index in [0.29, 0.717) is 18.8 Å². The Bertz CT molecular complexity index is 211. The lowest BCUT2D eigenvalue weighted by atomic mass is 10.1. The molecule has 0 bridgehead atoms. The SMILES string of the molecule is CCCC(N)CC(=O)C1=CCCO1. The predicted octanol–water partition coefficient (Wildman–Crippen LogP) is 1.38. The summed E-state index contributed by atoms with van der Waals surface area (Å²) >= 11 is 0. The Kier molecular flexibility index (Phi) is 3.96. The molecule has 13 heavy (non-hydrogen) atoms. The van der Waals surface area contributed by atoms with E-state index in [9.17, 15) is 4.79 Å². The van der Waals surface area contributed by atoms with Crippen LogP contribution in [0.5, 0.6) is 0 Å². The minimum Gasteiger partial charge on any atom is -0.490 e. The standard InChI is InChI=1S/C10H17NO2/c1-2-4-8(11)7-9(12)10-5-3-6-13-10/h5,8H,2-4,6-7,11H2,1H3. The first-order valence-corrected chi connectivity index (χ1v) is 4.85. The van der Waals surface area contributed by atoms with E-state index in [-0.39, 0.29) is 11.8 Å². The quantitative estimate of drug-likeness (QED) is 0.700. The van der Waals surface area contributed by atoms with Crippen LogP contribution in [-0.4, -0.2) is 18.4 Å². The number of carbonyl (C=O) groups is 1. The lowest BCUT2D eigenvalue weighted by Crippen LogP contribution is -2.24. The van der Waals surface area contributed by atoms with Crippen molar-refractivity contribution in [3.63, 3.8) is 0 Å². The first kappa shape index (κ1) is 10.3. The molecule has 1 unspecified atom stereocenters. The van der Waals surface area contributed by atoms with Gasteiger partial charge in [-0.25, -0.2) is 0 Å². The summed E-state index contributed by atoms with van der Waals surface area (Å²) in [6.45, 7) is 2.71. The maximum atomic E-state index is 11.5. The molecule has 1 rings (SSSR count). The molecule has 0 saturated heterocycles. The zero-order chi connectivity index (χ0) is 9.68. The smallest absolute Gasteiger partial charge is 0.198 e. The van der Waals surface area contributed by atoms with Gasteiger partial charge in [0, 0.05) is 18.9 Å². The van der Waals surface area contributed by atoms with E-state index < -0.39 is 0 Å². The molecule has 1 aliphatic rings. The van der Waals surface area contributed by atoms with Crippen LogP contribution in [0.4, 0.5) is 0 Å². The van der Waals surface area contributed by atoms with E-state index in [1.165, 1.54) is 0 Å². The van der Waals surface area contributed by atoms with Crippen molar-refractivity contribution in [2.75, 3.05) is 6.61 Å². The Labute approximate surface area is 78.9 Å². The summed E-state index contributed by atoms with van der Waals surface area (Å²) in [5.41, 5.74) is 5.75. The number of nitrogens with two attached hydrogens (primary N) is 1. The highest BCUT2D eigenvalue weighted by Crippen LogP contribution is 2.13. The van der Waals surface area contributed by atoms with Gasteiger partial charge in [0.1, 0.15) is 0 Å². The Morgan fingerprint density at radius 1 is 1.77 bits per heavy atom. The van der Waals surface area contributed by atoms with Gasteiger partial charge in [-0.2, -0.15) is 0 Å². The van der Waals surface area contributed by atoms with Gasteiger partial charge in [-0.05, 0) is 12.5 Å². The van der Waals surface area contributed by atoms with Gasteiger partial charge in [0.2, 0.25) is 0 Å². The molecule has 1 atom stereocenters. The normalized spacial score (nSPS) is 17.8. The highest BCUT2D eigenvalue weighted by atomic mass is 16.5. The third-order valence-corrected chi connectivity index (χ3v) is 2.09. The average molecular weight is 183 g/mol. The van der Waals surface area contributed by atoms with Gasteiger partial charge in [0.15, 0.2) is 11.5 Å². The topological polar surface area (TPSA) is 52.3 Å². The fraction of sp³-hybridized carbons (Fsp3) is 0.700. The zero-order valence-electron chi connectivity index (χ0n) is 8.08. The molecular formula is C10H17NO2. The van der Waals surface area contributed by atoms with E-state index in [1.54, 1.807) is 0 Å². The molecular weight excluding hydrogens is 166 g/mol. The lowest BCUT2D eigenvalue weighted by molar-refractivity contribution is -0.118. The molecule has 74 valence electrons. The summed E-state index contributed by atoms with van der Waals surface area (Å²) in [6, 6.07) is -0.0115. The molecule has 2 N–H and O–H groups in total. The largest absolute Gasteiger partial charge is 0.490 e. The van der Waals surface area contributed by atoms with Crippen LogP contribution >= 0.6 is 0 Å². The van der Waals surface area contributed by atoms with Crippen molar-refractivity contribution in [2.45, 2.75) is 38.6 Å². The second kappa shape index (κ2) is 5.02. The number of hydrogen-bond acceptors (Lipinski definition) is 3. The molecule has 1 heterocycles. The fourth-order valence-corrected chi connectivity index (χ4v) is 1.42. The molecule has 0 fully saturated rings. The molecule has 3 nitrogen and oxygen atoms in total. The van der Waals surface area contributed by atoms with E-state index in [2.05, 4.69) is 6.92 Å². The number of allylic oxidation sites excluding steroid dienone is 1. The number of carbonyl (C=O) groups excluding carboxylic acids is 1. The second-order valence-electron chi connectivity index (χ2n) is 3.38. The van der Waals surface area contributed by atoms with Crippen molar-refractivity contribution in [3.05, 3.63) is 11.8 Å². The summed E-state index contributed by atoms with van der Waals surface area (Å²) in [6.07, 6.45) is 5.04. The minimum atomic E-state index is -0.0115. The third-order valence-electron chi connectivity index (χ3n) is 2.09. The number of ketones is 1. The number of ether oxygens (including phenoxy) is 1. The van der Waals surface area contributed by atoms with Crippen LogP contribution < -0.4 is 5.73 Å². The zero-order valence-corrected chi connectivity index (χ0v) is 8.08. The Hall–Kier alpha value is -0.830. The maximum absolute atomic E-state index is 11.5. The Balaban J connectivity index is 2.31. The van der Waals surface area contributed by atoms with Crippen molar-refractivity contribution in [2.24, 2.45) is 5.73 Å². The Morgan fingerprint density at radius 3 is 3.08 bits per heavy atom. The third kappa shape index (κ3) is 3.19. The minimum absolute atomic E-state index is 0.0115. The van der Waals surface area contributed by atoms with Crippen molar-refractivity contribution < 1.29 is 9.53 Å². The highest BCUT2D eigenvalue weighted by Gasteiger charge is 2.17. The monoisotopic (exact) mass is 183 g/mol. The van der Waals surface area contributed by atoms with Crippen LogP contribution in [0.3, 0.4) is 0 Å². The second-order valence-corrected chi connectivity index (χ2v) is 3.38. The molecule has 0 aromatic heterocycles. The van der Waals surface area contributed by atoms with Crippen molar-refractivity contribution in [1.29, 1.82) is 0 Å². The van der Waals surface area contributed by atoms with Gasteiger partial charge in [-0.3, -0.25) is 4.79 Å². The molecule has 3 heteroatoms. The van der Waals surface area contributed by atoms with E-state index in [4.69, 9.17) is 10.5 Å². The van der Waals surface area contributed by atoms with Crippen LogP contribution in [0, 0.1) is 0 Å². The summed E-state index contributed by atoms with van der Waals surface area (Å²) in [7, 11) is 0. The first-order valence-electron chi connectivity index (χ1n) is 4.85. The van der Waals surface area contributed by atoms with Crippen LogP contribution in [0.25, 0.3) is 0 Å². The van der Waals surface area contributed by atoms with Crippen molar-refractivity contribution in [3.8, 4) is 0 Å². The molecule has 0 saturated carbocycles. The number of hydrogen-bond donors (Lipinski definition) is 1. The van der Waals surface area contributed by atoms with Gasteiger partial charge in [-0.1, -0.05) is 13.3 Å². The van der Waals surface area contributed by atoms with Gasteiger partial charge in [0.25, 0.3) is 0 Å². The lowest BCUT2D eigenvalue weighted by Gasteiger charge is -2.09. The molecule has 0 amide bonds. The van der Waals surface area contributed by atoms with Gasteiger partial charge in [-0.15, -0.1) is 0 Å². The molecule has 0 aromatic carbocycles. The summed E-state index contributed by atoms with van der Waals surface area (Å²) in [5.74, 6) is 0.574. The van der Waals surface area contributed by atoms with E-state index >= 15 is 0 Å². The first-order chi connectivity index (χ1) is 6.24. The van der Waals surface area contributed by atoms with Gasteiger partial charge >= 0.3 is 0 Å². The summed E-state index contributed by atoms with van der Waals surface area (Å²) in [5, 5.41) is 0. The molecule has 1 aliphatic heterocycles. The molecule has 0 radical (unpaired) electrons. The Morgan fingerprint density at radius 2 is 2.54 bits per heavy atom. The van der Waals surface area contributed by atoms with E-state index in [1.807, 2.05) is 6.08 Å². The number of rotatable bonds is 5. The van der Waals surface area contributed by atoms with Gasteiger partial charge < -0.3 is 10.5 Å². The van der Waals surface area contributed by atoms with E-state index in [0.717, 1.165) is 19.3 Å². The molecule has 0 aliphatic carbocycles. The van der Waals surface area contributed by atoms with Crippen molar-refractivity contribution >= 4 is 5.78 Å². The summed E-state index contributed by atoms with van der Waals surface area (Å²) < 4.78 is 5.15. The van der Waals surface area contributed by atoms with Crippen LogP contribution in [-0.2, 0) is 9.53 Å². The fourth-order valence-electron chi connectivity index (χ4n) is 1.42. The van der Waals surface area contributed by atoms with Crippen LogP contribution in [0.2, 0.25) is 0 Å². The van der Waals surface area contributed by atoms with Gasteiger partial charge in [0.05, 0.1) is 6.61 Å². The number of Topliss-reactive ketones (excluding diaryl/α,β-unsaturated/α-hetero) is 1. The molecule has 0 aromatic rings. The van der Waals surface area contributed by atoms with Crippen LogP contribution in [0.1, 0.15) is 32.6 Å². The molecule has 0 spiro atoms. The maximum Gasteiger partial charge on any atom is 0.198 e. The van der Waals surface area contributed by atoms with Crippen molar-refractivity contribution in [1.82, 2.24) is 0 Å². The highest BCUT2D eigenvalue weighted by molar-refractivity contribution is 5.94. The van der Waals surface area contributed by atoms with Crippen LogP contribution in [0.15, 0.2) is 11.8 Å². The summed E-state index contributed by atoms with van der Waals surface area (Å²) in [4.78, 5) is 11.5. The average Bonchev–Trinajstić information content (AvgIpc) is 2.55. The predicted molar refractivity (Wildman–Crippen MR) is 51.2 cm³/mol.